The van der Waals surface area contributed by atoms with Gasteiger partial charge < -0.3 is 18.3 Å². The van der Waals surface area contributed by atoms with E-state index in [1.54, 1.807) is 0 Å². The first-order valence-corrected chi connectivity index (χ1v) is 41.9. The molecule has 0 fully saturated rings. The van der Waals surface area contributed by atoms with E-state index in [0.29, 0.717) is 34.9 Å². The van der Waals surface area contributed by atoms with E-state index in [9.17, 15) is 0 Å². The van der Waals surface area contributed by atoms with Gasteiger partial charge in [-0.2, -0.15) is 0 Å². The van der Waals surface area contributed by atoms with Gasteiger partial charge in [0.15, 0.2) is 34.9 Å². The maximum Gasteiger partial charge on any atom is 0.164 e. The van der Waals surface area contributed by atoms with Crippen molar-refractivity contribution in [1.29, 1.82) is 0 Å². The minimum atomic E-state index is 0.638. The van der Waals surface area contributed by atoms with Crippen LogP contribution in [0, 0.1) is 0 Å². The Bertz CT molecular complexity index is 8030. The van der Waals surface area contributed by atoms with Gasteiger partial charge in [0.25, 0.3) is 0 Å². The number of hydrogen-bond donors (Lipinski definition) is 0. The highest BCUT2D eigenvalue weighted by atomic mass is 15.1. The summed E-state index contributed by atoms with van der Waals surface area (Å²) < 4.78 is 9.52. The molecule has 124 heavy (non-hydrogen) atoms. The Hall–Kier alpha value is -16.8. The Labute approximate surface area is 715 Å². The van der Waals surface area contributed by atoms with Crippen LogP contribution >= 0.6 is 0 Å². The lowest BCUT2D eigenvalue weighted by atomic mass is 9.99. The van der Waals surface area contributed by atoms with Gasteiger partial charge in [0.05, 0.1) is 44.1 Å². The van der Waals surface area contributed by atoms with Crippen molar-refractivity contribution in [2.45, 2.75) is 0 Å². The van der Waals surface area contributed by atoms with Crippen molar-refractivity contribution in [3.8, 4) is 136 Å². The highest BCUT2D eigenvalue weighted by molar-refractivity contribution is 6.17. The molecular weight excluding hydrogens is 1510 g/mol. The van der Waals surface area contributed by atoms with E-state index in [0.717, 1.165) is 89.4 Å². The van der Waals surface area contributed by atoms with Crippen molar-refractivity contribution in [2.75, 3.05) is 0 Å². The lowest BCUT2D eigenvalue weighted by molar-refractivity contribution is 1.07. The van der Waals surface area contributed by atoms with Gasteiger partial charge in [-0.25, -0.2) is 29.9 Å². The van der Waals surface area contributed by atoms with Crippen molar-refractivity contribution in [3.63, 3.8) is 0 Å². The SMILES string of the molecule is c1ccc(-c2nc(-c3ccccc3)nc(-c3cccc(-c4ccc5c(c4)c4ccccc4n5-c4ccc(-c5ccc6c7ccccc7n(-c7ccccc7)c6c5)cc4)c3)n2)cc1.c1ccc(-c2nc(-c3ccccc3)nc(-c3cccc(-c4ccc5c(c4)c4ccccc4n5-c4ccc(-c5cccc6c5c5ccccc5n6-c5ccccc5)cc4)c3)n2)cc1. The Morgan fingerprint density at radius 3 is 0.815 bits per heavy atom. The summed E-state index contributed by atoms with van der Waals surface area (Å²) in [7, 11) is 0. The van der Waals surface area contributed by atoms with Crippen LogP contribution in [0.25, 0.3) is 223 Å². The van der Waals surface area contributed by atoms with Crippen molar-refractivity contribution in [3.05, 3.63) is 449 Å². The molecule has 10 nitrogen and oxygen atoms in total. The number of para-hydroxylation sites is 6. The Kier molecular flexibility index (Phi) is 18.0. The molecule has 6 heterocycles. The fourth-order valence-corrected chi connectivity index (χ4v) is 18.1. The molecule has 0 spiro atoms. The van der Waals surface area contributed by atoms with E-state index in [1.165, 1.54) is 98.4 Å². The zero-order valence-electron chi connectivity index (χ0n) is 67.2. The Morgan fingerprint density at radius 1 is 0.129 bits per heavy atom. The third-order valence-electron chi connectivity index (χ3n) is 23.9. The summed E-state index contributed by atoms with van der Waals surface area (Å²) in [4.78, 5) is 29.8. The van der Waals surface area contributed by atoms with E-state index in [-0.39, 0.29) is 0 Å². The zero-order chi connectivity index (χ0) is 82.0. The third-order valence-corrected chi connectivity index (χ3v) is 23.9. The second kappa shape index (κ2) is 30.8. The van der Waals surface area contributed by atoms with Crippen molar-refractivity contribution in [1.82, 2.24) is 48.2 Å². The number of fused-ring (bicyclic) bond motifs is 12. The first-order chi connectivity index (χ1) is 61.5. The van der Waals surface area contributed by atoms with Crippen molar-refractivity contribution in [2.24, 2.45) is 0 Å². The van der Waals surface area contributed by atoms with E-state index < -0.39 is 0 Å². The molecule has 6 aromatic heterocycles. The van der Waals surface area contributed by atoms with Gasteiger partial charge in [0, 0.05) is 99.2 Å². The predicted molar refractivity (Wildman–Crippen MR) is 511 cm³/mol. The predicted octanol–water partition coefficient (Wildman–Crippen LogP) is 28.8. The molecule has 580 valence electrons. The lowest BCUT2D eigenvalue weighted by Gasteiger charge is -2.11. The van der Waals surface area contributed by atoms with Crippen LogP contribution in [0.2, 0.25) is 0 Å². The van der Waals surface area contributed by atoms with Crippen LogP contribution < -0.4 is 0 Å². The molecule has 0 saturated carbocycles. The van der Waals surface area contributed by atoms with Gasteiger partial charge in [-0.3, -0.25) is 0 Å². The van der Waals surface area contributed by atoms with E-state index in [1.807, 2.05) is 121 Å². The van der Waals surface area contributed by atoms with Crippen LogP contribution in [-0.2, 0) is 0 Å². The molecule has 0 aliphatic carbocycles. The fourth-order valence-electron chi connectivity index (χ4n) is 18.1. The zero-order valence-corrected chi connectivity index (χ0v) is 67.2. The van der Waals surface area contributed by atoms with Crippen LogP contribution in [0.3, 0.4) is 0 Å². The fraction of sp³-hybridized carbons (Fsp3) is 0. The first-order valence-electron chi connectivity index (χ1n) is 41.9. The molecule has 0 bridgehead atoms. The molecule has 0 unspecified atom stereocenters. The van der Waals surface area contributed by atoms with Gasteiger partial charge >= 0.3 is 0 Å². The average Bonchev–Trinajstić information content (AvgIpc) is 1.59. The molecule has 18 aromatic carbocycles. The number of nitrogens with zero attached hydrogens (tertiary/aromatic N) is 10. The highest BCUT2D eigenvalue weighted by Crippen LogP contribution is 2.44. The highest BCUT2D eigenvalue weighted by Gasteiger charge is 2.23. The van der Waals surface area contributed by atoms with E-state index >= 15 is 0 Å². The summed E-state index contributed by atoms with van der Waals surface area (Å²) >= 11 is 0. The van der Waals surface area contributed by atoms with Crippen LogP contribution in [0.4, 0.5) is 0 Å². The maximum absolute atomic E-state index is 5.00. The second-order valence-electron chi connectivity index (χ2n) is 31.3. The van der Waals surface area contributed by atoms with Crippen molar-refractivity contribution < 1.29 is 0 Å². The standard InChI is InChI=1S/2C57H37N5/c1-4-16-39(17-5-1)55-58-56(40-18-6-2-7-19-40)60-57(59-55)43-21-14-20-41(36-43)42-32-35-52-49(37-42)47-24-10-12-27-50(47)61(52)45-33-30-38(31-34-45)46-26-15-29-53-54(46)48-25-11-13-28-51(48)62(53)44-22-8-3-9-23-44;1-4-15-39(16-5-1)55-58-56(40-17-6-2-7-18-40)60-57(59-55)44-20-14-19-41(35-44)42-30-34-53-50(36-42)48-24-11-13-26-52(48)61(53)46-31-27-38(28-32-46)43-29-33-49-47-23-10-12-25-51(47)62(54(49)37-43)45-21-8-3-9-22-45/h2*1-37H. The van der Waals surface area contributed by atoms with Crippen LogP contribution in [0.1, 0.15) is 0 Å². The molecule has 10 heteroatoms. The summed E-state index contributed by atoms with van der Waals surface area (Å²) in [5.74, 6) is 3.87. The van der Waals surface area contributed by atoms with Gasteiger partial charge in [-0.15, -0.1) is 0 Å². The smallest absolute Gasteiger partial charge is 0.164 e. The molecule has 0 aliphatic rings. The lowest BCUT2D eigenvalue weighted by Crippen LogP contribution is -2.00. The Morgan fingerprint density at radius 2 is 0.387 bits per heavy atom. The molecule has 0 aliphatic heterocycles. The molecule has 0 atom stereocenters. The average molecular weight is 1580 g/mol. The normalized spacial score (nSPS) is 11.5. The summed E-state index contributed by atoms with van der Waals surface area (Å²) in [5.41, 5.74) is 28.9. The maximum atomic E-state index is 5.00. The molecule has 0 saturated heterocycles. The molecule has 0 N–H and O–H groups in total. The topological polar surface area (TPSA) is 97.1 Å². The summed E-state index contributed by atoms with van der Waals surface area (Å²) in [6.45, 7) is 0. The Balaban J connectivity index is 0.000000143. The van der Waals surface area contributed by atoms with Gasteiger partial charge in [0.1, 0.15) is 0 Å². The number of aromatic nitrogens is 10. The molecule has 24 aromatic rings. The third kappa shape index (κ3) is 13.0. The van der Waals surface area contributed by atoms with Gasteiger partial charge in [0.2, 0.25) is 0 Å². The van der Waals surface area contributed by atoms with E-state index in [2.05, 4.69) is 346 Å². The number of benzene rings is 18. The minimum Gasteiger partial charge on any atom is -0.309 e. The number of rotatable bonds is 14. The van der Waals surface area contributed by atoms with Crippen LogP contribution in [0.15, 0.2) is 449 Å². The van der Waals surface area contributed by atoms with Gasteiger partial charge in [-0.1, -0.05) is 328 Å². The number of hydrogen-bond acceptors (Lipinski definition) is 6. The molecule has 24 rings (SSSR count). The van der Waals surface area contributed by atoms with E-state index in [4.69, 9.17) is 29.9 Å². The van der Waals surface area contributed by atoms with Crippen molar-refractivity contribution >= 4 is 87.2 Å². The molecule has 0 radical (unpaired) electrons. The van der Waals surface area contributed by atoms with Gasteiger partial charge in [-0.05, 0) is 166 Å². The van der Waals surface area contributed by atoms with Crippen LogP contribution in [-0.4, -0.2) is 48.2 Å². The monoisotopic (exact) mass is 1580 g/mol. The molecule has 0 amide bonds. The minimum absolute atomic E-state index is 0.638. The largest absolute Gasteiger partial charge is 0.309 e. The summed E-state index contributed by atoms with van der Waals surface area (Å²) in [6.07, 6.45) is 0. The summed E-state index contributed by atoms with van der Waals surface area (Å²) in [5, 5.41) is 9.83. The quantitative estimate of drug-likeness (QED) is 0.108. The summed E-state index contributed by atoms with van der Waals surface area (Å²) in [6, 6.07) is 159. The second-order valence-corrected chi connectivity index (χ2v) is 31.3. The first kappa shape index (κ1) is 72.4. The molecular formula is C114H74N10. The van der Waals surface area contributed by atoms with Crippen LogP contribution in [0.5, 0.6) is 0 Å².